The van der Waals surface area contributed by atoms with Crippen LogP contribution in [0.4, 0.5) is 0 Å². The highest BCUT2D eigenvalue weighted by Gasteiger charge is 2.18. The summed E-state index contributed by atoms with van der Waals surface area (Å²) in [6.07, 6.45) is 5.59. The molecule has 3 heterocycles. The van der Waals surface area contributed by atoms with Crippen LogP contribution in [-0.4, -0.2) is 32.2 Å². The Morgan fingerprint density at radius 1 is 1.40 bits per heavy atom. The van der Waals surface area contributed by atoms with Crippen molar-refractivity contribution in [2.75, 3.05) is 7.11 Å². The molecule has 0 atom stereocenters. The zero-order valence-corrected chi connectivity index (χ0v) is 11.3. The van der Waals surface area contributed by atoms with E-state index >= 15 is 0 Å². The van der Waals surface area contributed by atoms with Crippen LogP contribution in [0.2, 0.25) is 0 Å². The zero-order chi connectivity index (χ0) is 14.1. The minimum Gasteiger partial charge on any atom is -0.468 e. The highest BCUT2D eigenvalue weighted by atomic mass is 16.5. The summed E-state index contributed by atoms with van der Waals surface area (Å²) >= 11 is 0. The van der Waals surface area contributed by atoms with Crippen molar-refractivity contribution >= 4 is 17.1 Å². The maximum Gasteiger partial charge on any atom is 0.325 e. The number of rotatable bonds is 2. The Bertz CT molecular complexity index is 716. The number of hydrogen-bond acceptors (Lipinski definition) is 5. The average molecular weight is 276 g/mol. The maximum absolute atomic E-state index is 12.3. The van der Waals surface area contributed by atoms with E-state index in [1.54, 1.807) is 0 Å². The summed E-state index contributed by atoms with van der Waals surface area (Å²) in [5.74, 6) is 0.437. The molecule has 1 aliphatic rings. The summed E-state index contributed by atoms with van der Waals surface area (Å²) in [6.45, 7) is 0.708. The van der Waals surface area contributed by atoms with Crippen LogP contribution in [0, 0.1) is 0 Å². The van der Waals surface area contributed by atoms with Crippen LogP contribution in [0.25, 0.3) is 11.2 Å². The number of carbonyl (C=O) groups excluding carboxylic acids is 1. The second-order valence-corrected chi connectivity index (χ2v) is 4.92. The van der Waals surface area contributed by atoms with Gasteiger partial charge in [-0.1, -0.05) is 6.42 Å². The summed E-state index contributed by atoms with van der Waals surface area (Å²) < 4.78 is 7.82. The van der Waals surface area contributed by atoms with E-state index in [0.29, 0.717) is 11.2 Å². The Hall–Kier alpha value is -2.18. The molecule has 2 aromatic rings. The molecule has 2 aromatic heterocycles. The highest BCUT2D eigenvalue weighted by molar-refractivity contribution is 5.72. The Balaban J connectivity index is 2.10. The van der Waals surface area contributed by atoms with E-state index < -0.39 is 5.97 Å². The smallest absolute Gasteiger partial charge is 0.325 e. The lowest BCUT2D eigenvalue weighted by molar-refractivity contribution is -0.141. The molecule has 1 aliphatic heterocycles. The van der Waals surface area contributed by atoms with Gasteiger partial charge >= 0.3 is 5.97 Å². The predicted molar refractivity (Wildman–Crippen MR) is 71.4 cm³/mol. The number of aromatic nitrogens is 4. The van der Waals surface area contributed by atoms with E-state index in [-0.39, 0.29) is 12.1 Å². The number of ether oxygens (including phenoxy) is 1. The van der Waals surface area contributed by atoms with Gasteiger partial charge < -0.3 is 9.30 Å². The van der Waals surface area contributed by atoms with E-state index in [4.69, 9.17) is 0 Å². The summed E-state index contributed by atoms with van der Waals surface area (Å²) in [4.78, 5) is 32.3. The zero-order valence-electron chi connectivity index (χ0n) is 11.3. The molecule has 3 rings (SSSR count). The standard InChI is InChI=1S/C13H16N4O3/c1-20-10(18)7-16-8-14-12-11(13(16)19)15-9-5-3-2-4-6-17(9)12/h8H,2-7H2,1H3. The SMILES string of the molecule is COC(=O)Cn1cnc2c(nc3n2CCCCC3)c1=O. The first kappa shape index (κ1) is 12.8. The largest absolute Gasteiger partial charge is 0.468 e. The molecule has 20 heavy (non-hydrogen) atoms. The van der Waals surface area contributed by atoms with Crippen molar-refractivity contribution in [1.29, 1.82) is 0 Å². The molecule has 0 N–H and O–H groups in total. The molecule has 7 nitrogen and oxygen atoms in total. The van der Waals surface area contributed by atoms with Gasteiger partial charge in [0.2, 0.25) is 0 Å². The number of esters is 1. The van der Waals surface area contributed by atoms with Crippen molar-refractivity contribution in [3.8, 4) is 0 Å². The van der Waals surface area contributed by atoms with Gasteiger partial charge in [-0.05, 0) is 12.8 Å². The first-order valence-corrected chi connectivity index (χ1v) is 6.72. The van der Waals surface area contributed by atoms with Gasteiger partial charge in [0.05, 0.1) is 7.11 Å². The molecule has 106 valence electrons. The quantitative estimate of drug-likeness (QED) is 0.746. The van der Waals surface area contributed by atoms with Gasteiger partial charge in [0.1, 0.15) is 18.7 Å². The molecule has 0 fully saturated rings. The Kier molecular flexibility index (Phi) is 3.25. The summed E-state index contributed by atoms with van der Waals surface area (Å²) in [6, 6.07) is 0. The van der Waals surface area contributed by atoms with Gasteiger partial charge in [-0.2, -0.15) is 0 Å². The van der Waals surface area contributed by atoms with Crippen molar-refractivity contribution in [2.24, 2.45) is 0 Å². The lowest BCUT2D eigenvalue weighted by Gasteiger charge is -2.05. The van der Waals surface area contributed by atoms with Gasteiger partial charge in [0.25, 0.3) is 5.56 Å². The Morgan fingerprint density at radius 2 is 2.25 bits per heavy atom. The predicted octanol–water partition coefficient (Wildman–Crippen LogP) is 0.492. The number of nitrogens with zero attached hydrogens (tertiary/aromatic N) is 4. The van der Waals surface area contributed by atoms with Crippen molar-refractivity contribution in [2.45, 2.75) is 38.8 Å². The van der Waals surface area contributed by atoms with Crippen LogP contribution in [-0.2, 0) is 29.0 Å². The van der Waals surface area contributed by atoms with Crippen LogP contribution >= 0.6 is 0 Å². The lowest BCUT2D eigenvalue weighted by Crippen LogP contribution is -2.25. The van der Waals surface area contributed by atoms with Gasteiger partial charge in [0.15, 0.2) is 11.2 Å². The van der Waals surface area contributed by atoms with E-state index in [1.807, 2.05) is 4.57 Å². The Morgan fingerprint density at radius 3 is 3.05 bits per heavy atom. The van der Waals surface area contributed by atoms with Crippen LogP contribution in [0.5, 0.6) is 0 Å². The first-order valence-electron chi connectivity index (χ1n) is 6.72. The average Bonchev–Trinajstić information content (AvgIpc) is 2.65. The molecule has 0 aliphatic carbocycles. The van der Waals surface area contributed by atoms with Crippen molar-refractivity contribution in [3.63, 3.8) is 0 Å². The minimum atomic E-state index is -0.478. The number of hydrogen-bond donors (Lipinski definition) is 0. The maximum atomic E-state index is 12.3. The fourth-order valence-electron chi connectivity index (χ4n) is 2.55. The summed E-state index contributed by atoms with van der Waals surface area (Å²) in [5.41, 5.74) is 0.669. The molecule has 0 saturated heterocycles. The summed E-state index contributed by atoms with van der Waals surface area (Å²) in [7, 11) is 1.29. The third-order valence-electron chi connectivity index (χ3n) is 3.61. The lowest BCUT2D eigenvalue weighted by atomic mass is 10.2. The van der Waals surface area contributed by atoms with Crippen molar-refractivity contribution in [3.05, 3.63) is 22.5 Å². The topological polar surface area (TPSA) is 79.0 Å². The fourth-order valence-corrected chi connectivity index (χ4v) is 2.55. The second kappa shape index (κ2) is 5.07. The van der Waals surface area contributed by atoms with Crippen molar-refractivity contribution in [1.82, 2.24) is 19.1 Å². The fraction of sp³-hybridized carbons (Fsp3) is 0.538. The van der Waals surface area contributed by atoms with Crippen LogP contribution < -0.4 is 5.56 Å². The normalized spacial score (nSPS) is 14.8. The summed E-state index contributed by atoms with van der Waals surface area (Å²) in [5, 5.41) is 0. The molecular formula is C13H16N4O3. The molecule has 0 aromatic carbocycles. The van der Waals surface area contributed by atoms with E-state index in [1.165, 1.54) is 24.4 Å². The van der Waals surface area contributed by atoms with Gasteiger partial charge in [-0.25, -0.2) is 9.97 Å². The number of imidazole rings is 1. The molecular weight excluding hydrogens is 260 g/mol. The third-order valence-corrected chi connectivity index (χ3v) is 3.61. The molecule has 0 saturated carbocycles. The van der Waals surface area contributed by atoms with Crippen molar-refractivity contribution < 1.29 is 9.53 Å². The minimum absolute atomic E-state index is 0.138. The number of methoxy groups -OCH3 is 1. The molecule has 0 radical (unpaired) electrons. The van der Waals surface area contributed by atoms with Gasteiger partial charge in [0, 0.05) is 13.0 Å². The number of carbonyl (C=O) groups is 1. The molecule has 0 amide bonds. The molecule has 0 spiro atoms. The monoisotopic (exact) mass is 276 g/mol. The van der Waals surface area contributed by atoms with Gasteiger partial charge in [-0.15, -0.1) is 0 Å². The van der Waals surface area contributed by atoms with Crippen LogP contribution in [0.15, 0.2) is 11.1 Å². The first-order chi connectivity index (χ1) is 9.70. The molecule has 0 bridgehead atoms. The third kappa shape index (κ3) is 2.09. The molecule has 0 unspecified atom stereocenters. The Labute approximate surface area is 115 Å². The van der Waals surface area contributed by atoms with Crippen LogP contribution in [0.3, 0.4) is 0 Å². The van der Waals surface area contributed by atoms with Crippen LogP contribution in [0.1, 0.15) is 25.1 Å². The van der Waals surface area contributed by atoms with E-state index in [2.05, 4.69) is 14.7 Å². The second-order valence-electron chi connectivity index (χ2n) is 4.92. The molecule has 7 heteroatoms. The highest BCUT2D eigenvalue weighted by Crippen LogP contribution is 2.18. The van der Waals surface area contributed by atoms with Gasteiger partial charge in [-0.3, -0.25) is 14.2 Å². The number of aryl methyl sites for hydroxylation is 2. The number of fused-ring (bicyclic) bond motifs is 3. The van der Waals surface area contributed by atoms with E-state index in [9.17, 15) is 9.59 Å². The van der Waals surface area contributed by atoms with E-state index in [0.717, 1.165) is 31.6 Å².